The molecule has 0 spiro atoms. The number of halogens is 1. The number of hydrogen-bond acceptors (Lipinski definition) is 3. The molecule has 1 aliphatic heterocycles. The average Bonchev–Trinajstić information content (AvgIpc) is 2.68. The first-order valence-electron chi connectivity index (χ1n) is 9.19. The number of aryl methyl sites for hydroxylation is 1. The molecule has 1 aliphatic rings. The number of piperazine rings is 1. The molecule has 5 nitrogen and oxygen atoms in total. The van der Waals surface area contributed by atoms with Gasteiger partial charge in [-0.2, -0.15) is 0 Å². The smallest absolute Gasteiger partial charge is 0.253 e. The molecule has 1 N–H and O–H groups in total. The molecule has 2 aromatic carbocycles. The summed E-state index contributed by atoms with van der Waals surface area (Å²) in [5.41, 5.74) is 3.38. The number of anilines is 2. The van der Waals surface area contributed by atoms with Crippen LogP contribution in [0.3, 0.4) is 0 Å². The molecule has 1 saturated heterocycles. The zero-order valence-electron chi connectivity index (χ0n) is 15.7. The van der Waals surface area contributed by atoms with E-state index in [-0.39, 0.29) is 11.8 Å². The van der Waals surface area contributed by atoms with Crippen LogP contribution in [0.5, 0.6) is 0 Å². The zero-order valence-corrected chi connectivity index (χ0v) is 16.4. The van der Waals surface area contributed by atoms with Gasteiger partial charge in [0, 0.05) is 38.2 Å². The normalized spacial score (nSPS) is 14.2. The highest BCUT2D eigenvalue weighted by molar-refractivity contribution is 6.34. The van der Waals surface area contributed by atoms with Crippen LogP contribution in [0.15, 0.2) is 42.5 Å². The number of benzene rings is 2. The summed E-state index contributed by atoms with van der Waals surface area (Å²) in [5, 5.41) is 3.52. The number of hydrogen-bond donors (Lipinski definition) is 1. The Morgan fingerprint density at radius 1 is 1.04 bits per heavy atom. The molecule has 0 aliphatic carbocycles. The van der Waals surface area contributed by atoms with Crippen LogP contribution in [0.25, 0.3) is 0 Å². The Labute approximate surface area is 164 Å². The maximum atomic E-state index is 12.7. The van der Waals surface area contributed by atoms with Crippen molar-refractivity contribution in [3.05, 3.63) is 58.6 Å². The summed E-state index contributed by atoms with van der Waals surface area (Å²) >= 11 is 6.43. The van der Waals surface area contributed by atoms with Crippen LogP contribution in [0, 0.1) is 6.92 Å². The van der Waals surface area contributed by atoms with Gasteiger partial charge in [-0.05, 0) is 31.2 Å². The summed E-state index contributed by atoms with van der Waals surface area (Å²) < 4.78 is 0. The van der Waals surface area contributed by atoms with Crippen LogP contribution in [0.2, 0.25) is 5.02 Å². The van der Waals surface area contributed by atoms with Gasteiger partial charge in [-0.1, -0.05) is 42.3 Å². The Hall–Kier alpha value is -2.53. The number of para-hydroxylation sites is 1. The number of rotatable bonds is 4. The topological polar surface area (TPSA) is 52.7 Å². The molecule has 0 radical (unpaired) electrons. The number of amides is 2. The van der Waals surface area contributed by atoms with Gasteiger partial charge in [0.2, 0.25) is 5.91 Å². The van der Waals surface area contributed by atoms with Crippen LogP contribution in [0.4, 0.5) is 11.4 Å². The predicted molar refractivity (Wildman–Crippen MR) is 110 cm³/mol. The lowest BCUT2D eigenvalue weighted by Gasteiger charge is -2.37. The molecule has 142 valence electrons. The van der Waals surface area contributed by atoms with Crippen LogP contribution in [0.1, 0.15) is 29.3 Å². The van der Waals surface area contributed by atoms with Gasteiger partial charge in [0.05, 0.1) is 16.4 Å². The summed E-state index contributed by atoms with van der Waals surface area (Å²) in [6.45, 7) is 6.37. The summed E-state index contributed by atoms with van der Waals surface area (Å²) in [4.78, 5) is 28.5. The first-order chi connectivity index (χ1) is 13.0. The third kappa shape index (κ3) is 4.42. The summed E-state index contributed by atoms with van der Waals surface area (Å²) in [6.07, 6.45) is 0.408. The van der Waals surface area contributed by atoms with Gasteiger partial charge in [-0.3, -0.25) is 9.59 Å². The minimum absolute atomic E-state index is 0.0494. The molecular formula is C21H24ClN3O2. The number of carbonyl (C=O) groups excluding carboxylic acids is 2. The van der Waals surface area contributed by atoms with Gasteiger partial charge in [-0.15, -0.1) is 0 Å². The van der Waals surface area contributed by atoms with Crippen molar-refractivity contribution in [2.45, 2.75) is 20.3 Å². The third-order valence-corrected chi connectivity index (χ3v) is 5.07. The van der Waals surface area contributed by atoms with Gasteiger partial charge in [-0.25, -0.2) is 0 Å². The molecule has 2 amide bonds. The lowest BCUT2D eigenvalue weighted by Crippen LogP contribution is -2.49. The molecule has 1 heterocycles. The molecular weight excluding hydrogens is 362 g/mol. The number of carbonyl (C=O) groups is 2. The van der Waals surface area contributed by atoms with E-state index in [0.29, 0.717) is 48.9 Å². The van der Waals surface area contributed by atoms with Crippen LogP contribution < -0.4 is 10.2 Å². The highest BCUT2D eigenvalue weighted by atomic mass is 35.5. The fourth-order valence-corrected chi connectivity index (χ4v) is 3.48. The first-order valence-corrected chi connectivity index (χ1v) is 9.56. The van der Waals surface area contributed by atoms with Gasteiger partial charge >= 0.3 is 0 Å². The molecule has 0 unspecified atom stereocenters. The maximum absolute atomic E-state index is 12.7. The fourth-order valence-electron chi connectivity index (χ4n) is 3.19. The van der Waals surface area contributed by atoms with Crippen molar-refractivity contribution >= 4 is 34.8 Å². The van der Waals surface area contributed by atoms with Crippen molar-refractivity contribution in [2.24, 2.45) is 0 Å². The van der Waals surface area contributed by atoms with Crippen LogP contribution in [-0.2, 0) is 4.79 Å². The maximum Gasteiger partial charge on any atom is 0.253 e. The fraction of sp³-hybridized carbons (Fsp3) is 0.333. The largest absolute Gasteiger partial charge is 0.365 e. The van der Waals surface area contributed by atoms with E-state index in [1.807, 2.05) is 61.2 Å². The number of nitrogens with zero attached hydrogens (tertiary/aromatic N) is 2. The summed E-state index contributed by atoms with van der Waals surface area (Å²) in [5.74, 6) is 0.0000179. The van der Waals surface area contributed by atoms with E-state index in [9.17, 15) is 9.59 Å². The molecule has 3 rings (SSSR count). The lowest BCUT2D eigenvalue weighted by atomic mass is 10.1. The minimum atomic E-state index is -0.0494. The molecule has 0 aromatic heterocycles. The van der Waals surface area contributed by atoms with Crippen molar-refractivity contribution in [1.82, 2.24) is 4.90 Å². The highest BCUT2D eigenvalue weighted by Crippen LogP contribution is 2.34. The Morgan fingerprint density at radius 2 is 1.70 bits per heavy atom. The number of nitrogens with one attached hydrogen (secondary N) is 1. The minimum Gasteiger partial charge on any atom is -0.365 e. The summed E-state index contributed by atoms with van der Waals surface area (Å²) in [7, 11) is 0. The van der Waals surface area contributed by atoms with Gasteiger partial charge in [0.1, 0.15) is 0 Å². The third-order valence-electron chi connectivity index (χ3n) is 4.76. The van der Waals surface area contributed by atoms with Gasteiger partial charge < -0.3 is 15.1 Å². The molecule has 2 aromatic rings. The van der Waals surface area contributed by atoms with Crippen molar-refractivity contribution in [3.63, 3.8) is 0 Å². The molecule has 6 heteroatoms. The van der Waals surface area contributed by atoms with Gasteiger partial charge in [0.25, 0.3) is 5.91 Å². The van der Waals surface area contributed by atoms with E-state index in [1.165, 1.54) is 0 Å². The zero-order chi connectivity index (χ0) is 19.4. The van der Waals surface area contributed by atoms with Crippen molar-refractivity contribution in [3.8, 4) is 0 Å². The van der Waals surface area contributed by atoms with E-state index in [2.05, 4.69) is 10.2 Å². The summed E-state index contributed by atoms with van der Waals surface area (Å²) in [6, 6.07) is 13.2. The van der Waals surface area contributed by atoms with E-state index >= 15 is 0 Å². The lowest BCUT2D eigenvalue weighted by molar-refractivity contribution is -0.115. The van der Waals surface area contributed by atoms with Crippen molar-refractivity contribution in [2.75, 3.05) is 36.4 Å². The Bertz CT molecular complexity index is 828. The second-order valence-electron chi connectivity index (χ2n) is 6.68. The Kier molecular flexibility index (Phi) is 6.01. The molecule has 27 heavy (non-hydrogen) atoms. The van der Waals surface area contributed by atoms with E-state index in [1.54, 1.807) is 0 Å². The van der Waals surface area contributed by atoms with Gasteiger partial charge in [0.15, 0.2) is 0 Å². The Morgan fingerprint density at radius 3 is 2.33 bits per heavy atom. The second-order valence-corrected chi connectivity index (χ2v) is 7.09. The monoisotopic (exact) mass is 385 g/mol. The van der Waals surface area contributed by atoms with Crippen molar-refractivity contribution in [1.29, 1.82) is 0 Å². The highest BCUT2D eigenvalue weighted by Gasteiger charge is 2.25. The predicted octanol–water partition coefficient (Wildman–Crippen LogP) is 3.96. The van der Waals surface area contributed by atoms with Crippen LogP contribution >= 0.6 is 11.6 Å². The average molecular weight is 386 g/mol. The molecule has 1 fully saturated rings. The molecule has 0 bridgehead atoms. The standard InChI is InChI=1S/C21H24ClN3O2/c1-3-19(26)23-18-6-4-5-17(22)20(18)24-11-13-25(14-12-24)21(27)16-9-7-15(2)8-10-16/h4-10H,3,11-14H2,1-2H3,(H,23,26). The van der Waals surface area contributed by atoms with E-state index in [0.717, 1.165) is 11.3 Å². The van der Waals surface area contributed by atoms with E-state index < -0.39 is 0 Å². The Balaban J connectivity index is 1.71. The first kappa shape index (κ1) is 19.2. The van der Waals surface area contributed by atoms with Crippen LogP contribution in [-0.4, -0.2) is 42.9 Å². The van der Waals surface area contributed by atoms with Crippen molar-refractivity contribution < 1.29 is 9.59 Å². The molecule has 0 saturated carbocycles. The quantitative estimate of drug-likeness (QED) is 0.866. The second kappa shape index (κ2) is 8.44. The van der Waals surface area contributed by atoms with E-state index in [4.69, 9.17) is 11.6 Å². The SMILES string of the molecule is CCC(=O)Nc1cccc(Cl)c1N1CCN(C(=O)c2ccc(C)cc2)CC1. The molecule has 0 atom stereocenters.